The van der Waals surface area contributed by atoms with E-state index in [1.165, 1.54) is 5.56 Å². The summed E-state index contributed by atoms with van der Waals surface area (Å²) in [6.07, 6.45) is 2.98. The van der Waals surface area contributed by atoms with E-state index in [1.54, 1.807) is 6.07 Å². The zero-order valence-electron chi connectivity index (χ0n) is 10.9. The number of furan rings is 1. The number of carbonyl (C=O) groups is 1. The van der Waals surface area contributed by atoms with E-state index in [0.29, 0.717) is 11.3 Å². The van der Waals surface area contributed by atoms with Gasteiger partial charge in [0.2, 0.25) is 5.78 Å². The second kappa shape index (κ2) is 5.67. The van der Waals surface area contributed by atoms with E-state index >= 15 is 0 Å². The van der Waals surface area contributed by atoms with Crippen LogP contribution in [0.15, 0.2) is 40.8 Å². The van der Waals surface area contributed by atoms with E-state index in [9.17, 15) is 4.79 Å². The molecule has 1 aromatic heterocycles. The lowest BCUT2D eigenvalue weighted by atomic mass is 10.0. The Morgan fingerprint density at radius 2 is 1.78 bits per heavy atom. The van der Waals surface area contributed by atoms with Crippen molar-refractivity contribution in [2.24, 2.45) is 0 Å². The van der Waals surface area contributed by atoms with Crippen molar-refractivity contribution in [2.75, 3.05) is 0 Å². The van der Waals surface area contributed by atoms with Crippen LogP contribution in [0, 0.1) is 0 Å². The molecule has 2 nitrogen and oxygen atoms in total. The van der Waals surface area contributed by atoms with Crippen molar-refractivity contribution in [3.63, 3.8) is 0 Å². The maximum atomic E-state index is 12.2. The molecule has 2 aromatic rings. The molecule has 0 radical (unpaired) electrons. The third-order valence-electron chi connectivity index (χ3n) is 2.99. The van der Waals surface area contributed by atoms with Gasteiger partial charge < -0.3 is 4.42 Å². The zero-order chi connectivity index (χ0) is 13.0. The Hall–Kier alpha value is -1.83. The molecule has 18 heavy (non-hydrogen) atoms. The SMILES string of the molecule is CCCc1ccc(C(=O)c2ccc(CC)o2)cc1. The lowest BCUT2D eigenvalue weighted by molar-refractivity contribution is 0.101. The Morgan fingerprint density at radius 1 is 1.06 bits per heavy atom. The highest BCUT2D eigenvalue weighted by atomic mass is 16.3. The zero-order valence-corrected chi connectivity index (χ0v) is 10.9. The van der Waals surface area contributed by atoms with Crippen LogP contribution < -0.4 is 0 Å². The fourth-order valence-electron chi connectivity index (χ4n) is 1.94. The Morgan fingerprint density at radius 3 is 2.33 bits per heavy atom. The molecule has 0 N–H and O–H groups in total. The number of carbonyl (C=O) groups excluding carboxylic acids is 1. The summed E-state index contributed by atoms with van der Waals surface area (Å²) >= 11 is 0. The van der Waals surface area contributed by atoms with Crippen LogP contribution in [0.25, 0.3) is 0 Å². The molecule has 0 amide bonds. The van der Waals surface area contributed by atoms with Crippen molar-refractivity contribution < 1.29 is 9.21 Å². The fourth-order valence-corrected chi connectivity index (χ4v) is 1.94. The van der Waals surface area contributed by atoms with Crippen LogP contribution in [0.5, 0.6) is 0 Å². The molecule has 0 aliphatic heterocycles. The van der Waals surface area contributed by atoms with Gasteiger partial charge in [0.25, 0.3) is 0 Å². The fraction of sp³-hybridized carbons (Fsp3) is 0.312. The summed E-state index contributed by atoms with van der Waals surface area (Å²) in [5.41, 5.74) is 1.95. The second-order valence-corrected chi connectivity index (χ2v) is 4.40. The number of benzene rings is 1. The Labute approximate surface area is 108 Å². The molecule has 2 heteroatoms. The van der Waals surface area contributed by atoms with Gasteiger partial charge in [0.05, 0.1) is 0 Å². The first kappa shape index (κ1) is 12.6. The molecule has 94 valence electrons. The molecular weight excluding hydrogens is 224 g/mol. The van der Waals surface area contributed by atoms with Gasteiger partial charge in [-0.2, -0.15) is 0 Å². The van der Waals surface area contributed by atoms with Crippen molar-refractivity contribution in [3.8, 4) is 0 Å². The summed E-state index contributed by atoms with van der Waals surface area (Å²) in [6, 6.07) is 11.4. The van der Waals surface area contributed by atoms with Gasteiger partial charge in [-0.1, -0.05) is 44.5 Å². The molecule has 1 aromatic carbocycles. The maximum absolute atomic E-state index is 12.2. The lowest BCUT2D eigenvalue weighted by Crippen LogP contribution is -1.99. The normalized spacial score (nSPS) is 10.6. The van der Waals surface area contributed by atoms with Crippen molar-refractivity contribution in [1.29, 1.82) is 0 Å². The monoisotopic (exact) mass is 242 g/mol. The summed E-state index contributed by atoms with van der Waals surface area (Å²) in [6.45, 7) is 4.15. The third-order valence-corrected chi connectivity index (χ3v) is 2.99. The van der Waals surface area contributed by atoms with E-state index in [-0.39, 0.29) is 5.78 Å². The van der Waals surface area contributed by atoms with Crippen LogP contribution in [0.3, 0.4) is 0 Å². The van der Waals surface area contributed by atoms with Crippen LogP contribution in [-0.2, 0) is 12.8 Å². The minimum atomic E-state index is -0.0438. The quantitative estimate of drug-likeness (QED) is 0.741. The van der Waals surface area contributed by atoms with Crippen LogP contribution in [-0.4, -0.2) is 5.78 Å². The van der Waals surface area contributed by atoms with Crippen LogP contribution in [0.2, 0.25) is 0 Å². The largest absolute Gasteiger partial charge is 0.458 e. The minimum Gasteiger partial charge on any atom is -0.458 e. The highest BCUT2D eigenvalue weighted by Crippen LogP contribution is 2.15. The van der Waals surface area contributed by atoms with Gasteiger partial charge in [0.15, 0.2) is 5.76 Å². The van der Waals surface area contributed by atoms with Crippen LogP contribution in [0.4, 0.5) is 0 Å². The molecule has 0 aliphatic carbocycles. The summed E-state index contributed by atoms with van der Waals surface area (Å²) in [4.78, 5) is 12.2. The Kier molecular flexibility index (Phi) is 3.98. The summed E-state index contributed by atoms with van der Waals surface area (Å²) in [7, 11) is 0. The molecule has 0 saturated heterocycles. The van der Waals surface area contributed by atoms with E-state index < -0.39 is 0 Å². The van der Waals surface area contributed by atoms with Gasteiger partial charge in [0, 0.05) is 12.0 Å². The van der Waals surface area contributed by atoms with Gasteiger partial charge in [-0.15, -0.1) is 0 Å². The van der Waals surface area contributed by atoms with E-state index in [1.807, 2.05) is 37.3 Å². The highest BCUT2D eigenvalue weighted by molar-refractivity contribution is 6.07. The third kappa shape index (κ3) is 2.70. The van der Waals surface area contributed by atoms with E-state index in [4.69, 9.17) is 4.42 Å². The van der Waals surface area contributed by atoms with Crippen molar-refractivity contribution in [2.45, 2.75) is 33.1 Å². The maximum Gasteiger partial charge on any atom is 0.228 e. The lowest BCUT2D eigenvalue weighted by Gasteiger charge is -2.01. The molecule has 0 unspecified atom stereocenters. The first-order valence-corrected chi connectivity index (χ1v) is 6.47. The van der Waals surface area contributed by atoms with Gasteiger partial charge in [0.1, 0.15) is 5.76 Å². The minimum absolute atomic E-state index is 0.0438. The van der Waals surface area contributed by atoms with Crippen LogP contribution >= 0.6 is 0 Å². The van der Waals surface area contributed by atoms with Crippen molar-refractivity contribution in [3.05, 3.63) is 59.0 Å². The standard InChI is InChI=1S/C16H18O2/c1-3-5-12-6-8-13(9-7-12)16(17)15-11-10-14(4-2)18-15/h6-11H,3-5H2,1-2H3. The molecule has 1 heterocycles. The average Bonchev–Trinajstić information content (AvgIpc) is 2.88. The van der Waals surface area contributed by atoms with E-state index in [2.05, 4.69) is 6.92 Å². The van der Waals surface area contributed by atoms with Gasteiger partial charge >= 0.3 is 0 Å². The smallest absolute Gasteiger partial charge is 0.228 e. The topological polar surface area (TPSA) is 30.2 Å². The molecule has 0 saturated carbocycles. The first-order chi connectivity index (χ1) is 8.74. The van der Waals surface area contributed by atoms with Gasteiger partial charge in [-0.3, -0.25) is 4.79 Å². The predicted octanol–water partition coefficient (Wildman–Crippen LogP) is 4.03. The molecule has 0 aliphatic rings. The first-order valence-electron chi connectivity index (χ1n) is 6.47. The van der Waals surface area contributed by atoms with Crippen LogP contribution in [0.1, 0.15) is 47.7 Å². The average molecular weight is 242 g/mol. The van der Waals surface area contributed by atoms with Gasteiger partial charge in [-0.25, -0.2) is 0 Å². The highest BCUT2D eigenvalue weighted by Gasteiger charge is 2.12. The molecule has 0 bridgehead atoms. The van der Waals surface area contributed by atoms with E-state index in [0.717, 1.165) is 25.0 Å². The molecular formula is C16H18O2. The number of hydrogen-bond acceptors (Lipinski definition) is 2. The second-order valence-electron chi connectivity index (χ2n) is 4.40. The van der Waals surface area contributed by atoms with Gasteiger partial charge in [-0.05, 0) is 24.1 Å². The Balaban J connectivity index is 2.17. The van der Waals surface area contributed by atoms with Crippen molar-refractivity contribution in [1.82, 2.24) is 0 Å². The molecule has 0 atom stereocenters. The molecule has 0 fully saturated rings. The number of aryl methyl sites for hydroxylation is 2. The summed E-state index contributed by atoms with van der Waals surface area (Å²) < 4.78 is 5.48. The molecule has 0 spiro atoms. The Bertz CT molecular complexity index is 520. The predicted molar refractivity (Wildman–Crippen MR) is 72.0 cm³/mol. The summed E-state index contributed by atoms with van der Waals surface area (Å²) in [5.74, 6) is 1.23. The molecule has 2 rings (SSSR count). The van der Waals surface area contributed by atoms with Crippen molar-refractivity contribution >= 4 is 5.78 Å². The number of rotatable bonds is 5. The summed E-state index contributed by atoms with van der Waals surface area (Å²) in [5, 5.41) is 0. The number of hydrogen-bond donors (Lipinski definition) is 0. The number of ketones is 1.